The van der Waals surface area contributed by atoms with Gasteiger partial charge in [-0.2, -0.15) is 0 Å². The van der Waals surface area contributed by atoms with E-state index in [9.17, 15) is 0 Å². The summed E-state index contributed by atoms with van der Waals surface area (Å²) in [6.45, 7) is 10.7. The molecule has 0 amide bonds. The number of rotatable bonds is 9. The van der Waals surface area contributed by atoms with E-state index in [1.54, 1.807) is 7.11 Å². The molecular formula is C21H35BO3. The summed E-state index contributed by atoms with van der Waals surface area (Å²) < 4.78 is 17.6. The fraction of sp³-hybridized carbons (Fsp3) is 0.714. The molecule has 1 atom stereocenters. The van der Waals surface area contributed by atoms with Crippen molar-refractivity contribution in [1.82, 2.24) is 0 Å². The number of methoxy groups -OCH3 is 1. The maximum Gasteiger partial charge on any atom is 0.457 e. The second-order valence-corrected chi connectivity index (χ2v) is 8.23. The fourth-order valence-electron chi connectivity index (χ4n) is 3.41. The third-order valence-electron chi connectivity index (χ3n) is 5.80. The van der Waals surface area contributed by atoms with E-state index in [1.807, 2.05) is 0 Å². The van der Waals surface area contributed by atoms with E-state index in [0.717, 1.165) is 18.5 Å². The minimum Gasteiger partial charge on any atom is -0.497 e. The van der Waals surface area contributed by atoms with Gasteiger partial charge in [-0.05, 0) is 70.5 Å². The van der Waals surface area contributed by atoms with E-state index in [2.05, 4.69) is 58.9 Å². The van der Waals surface area contributed by atoms with Gasteiger partial charge in [-0.25, -0.2) is 0 Å². The smallest absolute Gasteiger partial charge is 0.457 e. The maximum absolute atomic E-state index is 6.17. The first-order chi connectivity index (χ1) is 11.8. The molecule has 2 rings (SSSR count). The van der Waals surface area contributed by atoms with Crippen LogP contribution in [0, 0.1) is 0 Å². The number of ether oxygens (including phenoxy) is 1. The van der Waals surface area contributed by atoms with Crippen molar-refractivity contribution in [3.05, 3.63) is 29.8 Å². The van der Waals surface area contributed by atoms with Crippen molar-refractivity contribution in [2.45, 2.75) is 90.2 Å². The maximum atomic E-state index is 6.17. The van der Waals surface area contributed by atoms with Crippen LogP contribution in [0.1, 0.15) is 78.2 Å². The standard InChI is InChI=1S/C21H35BO3/c1-7-8-9-10-17(18-11-13-19(23-6)14-12-18)15-16-22-24-20(2,3)21(4,5)25-22/h11-14,17H,7-10,15-16H2,1-6H3/t17-/m1/s1. The molecule has 0 saturated carbocycles. The average Bonchev–Trinajstić information content (AvgIpc) is 2.78. The molecule has 0 spiro atoms. The number of hydrogen-bond acceptors (Lipinski definition) is 3. The Balaban J connectivity index is 1.98. The molecule has 25 heavy (non-hydrogen) atoms. The summed E-state index contributed by atoms with van der Waals surface area (Å²) >= 11 is 0. The number of hydrogen-bond donors (Lipinski definition) is 0. The van der Waals surface area contributed by atoms with Gasteiger partial charge in [-0.1, -0.05) is 38.3 Å². The molecule has 1 aliphatic rings. The molecule has 1 aromatic carbocycles. The lowest BCUT2D eigenvalue weighted by molar-refractivity contribution is 0.00578. The Labute approximate surface area is 154 Å². The average molecular weight is 346 g/mol. The van der Waals surface area contributed by atoms with E-state index in [0.29, 0.717) is 5.92 Å². The predicted molar refractivity (Wildman–Crippen MR) is 105 cm³/mol. The summed E-state index contributed by atoms with van der Waals surface area (Å²) in [5.74, 6) is 1.47. The molecule has 140 valence electrons. The van der Waals surface area contributed by atoms with Crippen molar-refractivity contribution in [3.8, 4) is 5.75 Å². The highest BCUT2D eigenvalue weighted by atomic mass is 16.7. The van der Waals surface area contributed by atoms with Gasteiger partial charge >= 0.3 is 7.12 Å². The van der Waals surface area contributed by atoms with Gasteiger partial charge in [-0.3, -0.25) is 0 Å². The van der Waals surface area contributed by atoms with Crippen LogP contribution in [0.4, 0.5) is 0 Å². The van der Waals surface area contributed by atoms with Crippen molar-refractivity contribution in [2.24, 2.45) is 0 Å². The molecule has 0 unspecified atom stereocenters. The molecule has 1 aromatic rings. The van der Waals surface area contributed by atoms with E-state index in [4.69, 9.17) is 14.0 Å². The van der Waals surface area contributed by atoms with Crippen LogP contribution in [-0.4, -0.2) is 25.4 Å². The van der Waals surface area contributed by atoms with Crippen LogP contribution in [0.15, 0.2) is 24.3 Å². The minimum absolute atomic E-state index is 0.100. The highest BCUT2D eigenvalue weighted by Crippen LogP contribution is 2.39. The highest BCUT2D eigenvalue weighted by Gasteiger charge is 2.50. The Bertz CT molecular complexity index is 508. The molecule has 3 nitrogen and oxygen atoms in total. The summed E-state index contributed by atoms with van der Waals surface area (Å²) in [6, 6.07) is 8.55. The van der Waals surface area contributed by atoms with Crippen LogP contribution in [0.5, 0.6) is 5.75 Å². The van der Waals surface area contributed by atoms with Crippen molar-refractivity contribution >= 4 is 7.12 Å². The molecule has 1 fully saturated rings. The molecule has 1 saturated heterocycles. The van der Waals surface area contributed by atoms with Crippen molar-refractivity contribution in [1.29, 1.82) is 0 Å². The normalized spacial score (nSPS) is 19.8. The van der Waals surface area contributed by atoms with Gasteiger partial charge in [0.25, 0.3) is 0 Å². The number of benzene rings is 1. The molecule has 0 bridgehead atoms. The second kappa shape index (κ2) is 8.59. The Morgan fingerprint density at radius 1 is 0.960 bits per heavy atom. The Hall–Kier alpha value is -0.995. The van der Waals surface area contributed by atoms with Crippen LogP contribution in [0.2, 0.25) is 6.32 Å². The zero-order chi connectivity index (χ0) is 18.5. The molecule has 0 N–H and O–H groups in total. The molecular weight excluding hydrogens is 311 g/mol. The topological polar surface area (TPSA) is 27.7 Å². The summed E-state index contributed by atoms with van der Waals surface area (Å²) in [6.07, 6.45) is 7.08. The largest absolute Gasteiger partial charge is 0.497 e. The fourth-order valence-corrected chi connectivity index (χ4v) is 3.41. The quantitative estimate of drug-likeness (QED) is 0.415. The molecule has 1 heterocycles. The van der Waals surface area contributed by atoms with Crippen molar-refractivity contribution in [2.75, 3.05) is 7.11 Å². The highest BCUT2D eigenvalue weighted by molar-refractivity contribution is 6.45. The Morgan fingerprint density at radius 3 is 2.08 bits per heavy atom. The van der Waals surface area contributed by atoms with Gasteiger partial charge in [-0.15, -0.1) is 0 Å². The molecule has 0 aliphatic carbocycles. The van der Waals surface area contributed by atoms with Crippen LogP contribution in [-0.2, 0) is 9.31 Å². The first-order valence-corrected chi connectivity index (χ1v) is 9.78. The summed E-state index contributed by atoms with van der Waals surface area (Å²) in [5, 5.41) is 0. The molecule has 0 aromatic heterocycles. The lowest BCUT2D eigenvalue weighted by Gasteiger charge is -2.32. The van der Waals surface area contributed by atoms with E-state index >= 15 is 0 Å². The van der Waals surface area contributed by atoms with Crippen LogP contribution < -0.4 is 4.74 Å². The van der Waals surface area contributed by atoms with E-state index in [1.165, 1.54) is 31.2 Å². The second-order valence-electron chi connectivity index (χ2n) is 8.23. The van der Waals surface area contributed by atoms with Crippen LogP contribution >= 0.6 is 0 Å². The van der Waals surface area contributed by atoms with E-state index < -0.39 is 0 Å². The molecule has 1 aliphatic heterocycles. The zero-order valence-corrected chi connectivity index (χ0v) is 16.9. The van der Waals surface area contributed by atoms with Gasteiger partial charge in [0.05, 0.1) is 18.3 Å². The van der Waals surface area contributed by atoms with Gasteiger partial charge in [0.2, 0.25) is 0 Å². The first kappa shape index (κ1) is 20.3. The Morgan fingerprint density at radius 2 is 1.56 bits per heavy atom. The number of unbranched alkanes of at least 4 members (excludes halogenated alkanes) is 2. The van der Waals surface area contributed by atoms with Gasteiger partial charge in [0.1, 0.15) is 5.75 Å². The molecule has 4 heteroatoms. The van der Waals surface area contributed by atoms with E-state index in [-0.39, 0.29) is 18.3 Å². The summed E-state index contributed by atoms with van der Waals surface area (Å²) in [7, 11) is 1.61. The van der Waals surface area contributed by atoms with Crippen molar-refractivity contribution < 1.29 is 14.0 Å². The zero-order valence-electron chi connectivity index (χ0n) is 16.9. The van der Waals surface area contributed by atoms with Crippen molar-refractivity contribution in [3.63, 3.8) is 0 Å². The minimum atomic E-state index is -0.241. The first-order valence-electron chi connectivity index (χ1n) is 9.78. The van der Waals surface area contributed by atoms with Gasteiger partial charge in [0, 0.05) is 0 Å². The summed E-state index contributed by atoms with van der Waals surface area (Å²) in [5.41, 5.74) is 0.916. The monoisotopic (exact) mass is 346 g/mol. The summed E-state index contributed by atoms with van der Waals surface area (Å²) in [4.78, 5) is 0. The lowest BCUT2D eigenvalue weighted by atomic mass is 9.77. The van der Waals surface area contributed by atoms with Crippen LogP contribution in [0.3, 0.4) is 0 Å². The Kier molecular flexibility index (Phi) is 6.98. The SMILES string of the molecule is CCCCC[C@H](CCB1OC(C)(C)C(C)(C)O1)c1ccc(OC)cc1. The third-order valence-corrected chi connectivity index (χ3v) is 5.80. The predicted octanol–water partition coefficient (Wildman–Crippen LogP) is 5.84. The third kappa shape index (κ3) is 5.24. The van der Waals surface area contributed by atoms with Crippen LogP contribution in [0.25, 0.3) is 0 Å². The lowest BCUT2D eigenvalue weighted by Crippen LogP contribution is -2.41. The molecule has 0 radical (unpaired) electrons. The van der Waals surface area contributed by atoms with Gasteiger partial charge < -0.3 is 14.0 Å². The van der Waals surface area contributed by atoms with Gasteiger partial charge in [0.15, 0.2) is 0 Å².